The fourth-order valence-corrected chi connectivity index (χ4v) is 1.30. The van der Waals surface area contributed by atoms with Crippen LogP contribution in [0.4, 0.5) is 4.39 Å². The van der Waals surface area contributed by atoms with Crippen LogP contribution < -0.4 is 4.74 Å². The maximum Gasteiger partial charge on any atom is 0.132 e. The van der Waals surface area contributed by atoms with E-state index in [1.54, 1.807) is 6.07 Å². The van der Waals surface area contributed by atoms with Crippen molar-refractivity contribution in [1.29, 1.82) is 0 Å². The van der Waals surface area contributed by atoms with Crippen LogP contribution in [-0.2, 0) is 0 Å². The number of aliphatic hydroxyl groups excluding tert-OH is 1. The maximum absolute atomic E-state index is 13.4. The summed E-state index contributed by atoms with van der Waals surface area (Å²) in [7, 11) is 0. The lowest BCUT2D eigenvalue weighted by Crippen LogP contribution is -2.00. The van der Waals surface area contributed by atoms with E-state index < -0.39 is 11.9 Å². The summed E-state index contributed by atoms with van der Waals surface area (Å²) in [5, 5.41) is 9.24. The molecule has 0 spiro atoms. The van der Waals surface area contributed by atoms with E-state index in [0.717, 1.165) is 6.42 Å². The minimum atomic E-state index is -0.810. The average molecular weight is 222 g/mol. The molecule has 1 atom stereocenters. The Morgan fingerprint density at radius 2 is 2.31 bits per heavy atom. The standard InChI is InChI=1S/C13H15FO2/c1-3-4-5-8-16-11-6-7-12(10(2)15)13(14)9-11/h1,6-7,9-10,15H,4-5,8H2,2H3/t10-/m1/s1. The van der Waals surface area contributed by atoms with Gasteiger partial charge in [-0.25, -0.2) is 4.39 Å². The summed E-state index contributed by atoms with van der Waals surface area (Å²) in [5.74, 6) is 2.51. The van der Waals surface area contributed by atoms with Crippen LogP contribution in [0, 0.1) is 18.2 Å². The van der Waals surface area contributed by atoms with E-state index in [4.69, 9.17) is 11.2 Å². The predicted molar refractivity (Wildman–Crippen MR) is 60.6 cm³/mol. The number of halogens is 1. The smallest absolute Gasteiger partial charge is 0.132 e. The lowest BCUT2D eigenvalue weighted by atomic mass is 10.1. The molecule has 0 fully saturated rings. The first-order chi connectivity index (χ1) is 7.65. The Balaban J connectivity index is 2.57. The van der Waals surface area contributed by atoms with Gasteiger partial charge in [0.15, 0.2) is 0 Å². The van der Waals surface area contributed by atoms with Gasteiger partial charge in [0.25, 0.3) is 0 Å². The molecule has 1 N–H and O–H groups in total. The zero-order valence-corrected chi connectivity index (χ0v) is 9.24. The SMILES string of the molecule is C#CCCCOc1ccc([C@@H](C)O)c(F)c1. The van der Waals surface area contributed by atoms with Crippen molar-refractivity contribution in [2.45, 2.75) is 25.9 Å². The number of benzene rings is 1. The first kappa shape index (κ1) is 12.5. The molecule has 0 aliphatic heterocycles. The van der Waals surface area contributed by atoms with Crippen molar-refractivity contribution in [1.82, 2.24) is 0 Å². The van der Waals surface area contributed by atoms with Gasteiger partial charge >= 0.3 is 0 Å². The zero-order chi connectivity index (χ0) is 12.0. The van der Waals surface area contributed by atoms with Gasteiger partial charge in [-0.15, -0.1) is 12.3 Å². The predicted octanol–water partition coefficient (Wildman–Crippen LogP) is 2.67. The van der Waals surface area contributed by atoms with Gasteiger partial charge in [-0.1, -0.05) is 0 Å². The maximum atomic E-state index is 13.4. The Hall–Kier alpha value is -1.53. The summed E-state index contributed by atoms with van der Waals surface area (Å²) >= 11 is 0. The molecule has 0 bridgehead atoms. The molecule has 0 saturated heterocycles. The molecule has 86 valence electrons. The molecule has 0 radical (unpaired) electrons. The van der Waals surface area contributed by atoms with E-state index >= 15 is 0 Å². The Morgan fingerprint density at radius 3 is 2.88 bits per heavy atom. The average Bonchev–Trinajstić information content (AvgIpc) is 2.24. The molecule has 0 aromatic heterocycles. The van der Waals surface area contributed by atoms with Gasteiger partial charge in [-0.2, -0.15) is 0 Å². The summed E-state index contributed by atoms with van der Waals surface area (Å²) in [5.41, 5.74) is 0.274. The van der Waals surface area contributed by atoms with Crippen LogP contribution in [0.2, 0.25) is 0 Å². The molecule has 0 unspecified atom stereocenters. The van der Waals surface area contributed by atoms with Gasteiger partial charge in [0.2, 0.25) is 0 Å². The largest absolute Gasteiger partial charge is 0.493 e. The Morgan fingerprint density at radius 1 is 1.56 bits per heavy atom. The van der Waals surface area contributed by atoms with Crippen LogP contribution in [-0.4, -0.2) is 11.7 Å². The van der Waals surface area contributed by atoms with Gasteiger partial charge in [0, 0.05) is 18.1 Å². The van der Waals surface area contributed by atoms with Crippen molar-refractivity contribution in [2.24, 2.45) is 0 Å². The number of unbranched alkanes of at least 4 members (excludes halogenated alkanes) is 1. The van der Waals surface area contributed by atoms with Gasteiger partial charge in [-0.05, 0) is 25.5 Å². The van der Waals surface area contributed by atoms with E-state index in [-0.39, 0.29) is 5.56 Å². The molecular formula is C13H15FO2. The van der Waals surface area contributed by atoms with E-state index in [1.807, 2.05) is 0 Å². The van der Waals surface area contributed by atoms with Gasteiger partial charge in [-0.3, -0.25) is 0 Å². The first-order valence-corrected chi connectivity index (χ1v) is 5.19. The molecule has 16 heavy (non-hydrogen) atoms. The normalized spacial score (nSPS) is 11.9. The monoisotopic (exact) mass is 222 g/mol. The number of rotatable bonds is 5. The molecule has 2 nitrogen and oxygen atoms in total. The van der Waals surface area contributed by atoms with E-state index in [1.165, 1.54) is 19.1 Å². The van der Waals surface area contributed by atoms with Crippen molar-refractivity contribution in [3.05, 3.63) is 29.6 Å². The Bertz CT molecular complexity index is 380. The summed E-state index contributed by atoms with van der Waals surface area (Å²) in [6, 6.07) is 4.44. The zero-order valence-electron chi connectivity index (χ0n) is 9.24. The van der Waals surface area contributed by atoms with Gasteiger partial charge in [0.05, 0.1) is 12.7 Å². The highest BCUT2D eigenvalue weighted by Crippen LogP contribution is 2.21. The number of ether oxygens (including phenoxy) is 1. The van der Waals surface area contributed by atoms with Gasteiger partial charge < -0.3 is 9.84 Å². The number of terminal acetylenes is 1. The summed E-state index contributed by atoms with van der Waals surface area (Å²) in [6.07, 6.45) is 5.68. The third-order valence-corrected chi connectivity index (χ3v) is 2.16. The highest BCUT2D eigenvalue weighted by atomic mass is 19.1. The molecule has 1 rings (SSSR count). The van der Waals surface area contributed by atoms with E-state index in [0.29, 0.717) is 18.8 Å². The van der Waals surface area contributed by atoms with Crippen molar-refractivity contribution in [3.63, 3.8) is 0 Å². The van der Waals surface area contributed by atoms with E-state index in [9.17, 15) is 9.50 Å². The third kappa shape index (κ3) is 3.56. The lowest BCUT2D eigenvalue weighted by Gasteiger charge is -2.09. The van der Waals surface area contributed by atoms with E-state index in [2.05, 4.69) is 5.92 Å². The van der Waals surface area contributed by atoms with Crippen LogP contribution in [0.1, 0.15) is 31.4 Å². The topological polar surface area (TPSA) is 29.5 Å². The van der Waals surface area contributed by atoms with Crippen molar-refractivity contribution in [2.75, 3.05) is 6.61 Å². The van der Waals surface area contributed by atoms with Crippen LogP contribution in [0.25, 0.3) is 0 Å². The summed E-state index contributed by atoms with van der Waals surface area (Å²) in [4.78, 5) is 0. The summed E-state index contributed by atoms with van der Waals surface area (Å²) in [6.45, 7) is 1.99. The fraction of sp³-hybridized carbons (Fsp3) is 0.385. The number of hydrogen-bond donors (Lipinski definition) is 1. The molecule has 1 aromatic rings. The Labute approximate surface area is 95.1 Å². The second-order valence-corrected chi connectivity index (χ2v) is 3.52. The highest BCUT2D eigenvalue weighted by Gasteiger charge is 2.08. The molecule has 0 amide bonds. The lowest BCUT2D eigenvalue weighted by molar-refractivity contribution is 0.194. The molecular weight excluding hydrogens is 207 g/mol. The molecule has 3 heteroatoms. The first-order valence-electron chi connectivity index (χ1n) is 5.19. The summed E-state index contributed by atoms with van der Waals surface area (Å²) < 4.78 is 18.7. The van der Waals surface area contributed by atoms with Crippen LogP contribution in [0.15, 0.2) is 18.2 Å². The second kappa shape index (κ2) is 6.14. The van der Waals surface area contributed by atoms with Crippen LogP contribution >= 0.6 is 0 Å². The number of aliphatic hydroxyl groups is 1. The quantitative estimate of drug-likeness (QED) is 0.613. The van der Waals surface area contributed by atoms with Crippen LogP contribution in [0.5, 0.6) is 5.75 Å². The molecule has 0 aliphatic rings. The Kier molecular flexibility index (Phi) is 4.81. The number of hydrogen-bond acceptors (Lipinski definition) is 2. The molecule has 0 saturated carbocycles. The van der Waals surface area contributed by atoms with Gasteiger partial charge in [0.1, 0.15) is 11.6 Å². The minimum Gasteiger partial charge on any atom is -0.493 e. The molecule has 1 aromatic carbocycles. The van der Waals surface area contributed by atoms with Crippen molar-refractivity contribution < 1.29 is 14.2 Å². The van der Waals surface area contributed by atoms with Crippen molar-refractivity contribution >= 4 is 0 Å². The highest BCUT2D eigenvalue weighted by molar-refractivity contribution is 5.29. The van der Waals surface area contributed by atoms with Crippen LogP contribution in [0.3, 0.4) is 0 Å². The van der Waals surface area contributed by atoms with Crippen molar-refractivity contribution in [3.8, 4) is 18.1 Å². The molecule has 0 aliphatic carbocycles. The minimum absolute atomic E-state index is 0.274. The fourth-order valence-electron chi connectivity index (χ4n) is 1.30. The third-order valence-electron chi connectivity index (χ3n) is 2.16. The second-order valence-electron chi connectivity index (χ2n) is 3.52. The molecule has 0 heterocycles.